The average molecular weight is 2180 g/mol. The first kappa shape index (κ1) is 127. The van der Waals surface area contributed by atoms with Crippen LogP contribution in [0.25, 0.3) is 11.1 Å². The zero-order valence-corrected chi connectivity index (χ0v) is 104. The molecule has 2 saturated carbocycles. The predicted molar refractivity (Wildman–Crippen MR) is 632 cm³/mol. The third kappa shape index (κ3) is 51.1. The van der Waals surface area contributed by atoms with Gasteiger partial charge in [-0.15, -0.1) is 0 Å². The Morgan fingerprint density at radius 2 is 0.520 bits per heavy atom. The summed E-state index contributed by atoms with van der Waals surface area (Å²) < 4.78 is 97.8. The molecule has 6 atom stereocenters. The summed E-state index contributed by atoms with van der Waals surface area (Å²) in [7, 11) is -21.4. The second kappa shape index (κ2) is 67.6. The molecule has 148 heavy (non-hydrogen) atoms. The van der Waals surface area contributed by atoms with Gasteiger partial charge >= 0.3 is 58.1 Å². The highest BCUT2D eigenvalue weighted by molar-refractivity contribution is 6.91. The lowest BCUT2D eigenvalue weighted by molar-refractivity contribution is 0.0152. The second-order valence-corrected chi connectivity index (χ2v) is 80.3. The van der Waals surface area contributed by atoms with Crippen molar-refractivity contribution in [3.63, 3.8) is 0 Å². The van der Waals surface area contributed by atoms with Crippen LogP contribution >= 0.6 is 0 Å². The minimum Gasteiger partial charge on any atom is -0.494 e. The van der Waals surface area contributed by atoms with Crippen molar-refractivity contribution in [1.29, 1.82) is 0 Å². The SMILES string of the molecule is CCCCCCCCCCC(Oc1ccccc1-c1ccccc1OC(CCCCCCCCCC)[Si](C)(O[Si](C)(C)C)O[Si](C)(CCCCCCCCCCCOc1ccc(C(=O)Oc2ccc(C(=O)OC3CCC(CCCCC)CC3)cc2)cc1)O[Si](C)(C)C)[Si](C)(O[Si](C)(C)C)O[Si](C)(CCCCCCCCCCCOc1ccc(C(=O)Oc2ccc(C(=O)OC3CCC(CCCCC)CC3)cc2)cc1)O[Si](C)(C)C. The number of carbonyl (C=O) groups is 4. The molecule has 18 nitrogen and oxygen atoms in total. The van der Waals surface area contributed by atoms with Gasteiger partial charge < -0.3 is 62.6 Å². The van der Waals surface area contributed by atoms with Crippen molar-refractivity contribution < 1.29 is 81.8 Å². The van der Waals surface area contributed by atoms with E-state index in [2.05, 4.69) is 181 Å². The maximum absolute atomic E-state index is 13.2. The van der Waals surface area contributed by atoms with E-state index in [1.54, 1.807) is 72.8 Å². The lowest BCUT2D eigenvalue weighted by Crippen LogP contribution is -2.64. The van der Waals surface area contributed by atoms with Gasteiger partial charge in [-0.2, -0.15) is 0 Å². The van der Waals surface area contributed by atoms with Gasteiger partial charge in [-0.3, -0.25) is 0 Å². The molecule has 6 unspecified atom stereocenters. The summed E-state index contributed by atoms with van der Waals surface area (Å²) in [6, 6.07) is 46.7. The van der Waals surface area contributed by atoms with E-state index in [1.807, 2.05) is 24.3 Å². The molecule has 2 fully saturated rings. The van der Waals surface area contributed by atoms with E-state index < -0.39 is 79.5 Å². The number of rotatable bonds is 79. The molecule has 0 heterocycles. The van der Waals surface area contributed by atoms with Crippen LogP contribution in [0.15, 0.2) is 146 Å². The fourth-order valence-electron chi connectivity index (χ4n) is 21.5. The van der Waals surface area contributed by atoms with E-state index in [-0.39, 0.29) is 35.6 Å². The average Bonchev–Trinajstić information content (AvgIpc) is 0.804. The summed E-state index contributed by atoms with van der Waals surface area (Å²) in [4.78, 5) is 52.4. The zero-order chi connectivity index (χ0) is 107. The molecular formula is C122H202O18Si8. The largest absolute Gasteiger partial charge is 0.494 e. The summed E-state index contributed by atoms with van der Waals surface area (Å²) in [5.74, 6) is 3.71. The normalized spacial score (nSPS) is 17.4. The third-order valence-corrected chi connectivity index (χ3v) is 57.6. The highest BCUT2D eigenvalue weighted by Crippen LogP contribution is 2.44. The van der Waals surface area contributed by atoms with Gasteiger partial charge in [0.15, 0.2) is 33.3 Å². The molecule has 0 aromatic heterocycles. The van der Waals surface area contributed by atoms with Crippen LogP contribution in [-0.2, 0) is 34.2 Å². The molecule has 2 aliphatic rings. The molecule has 8 rings (SSSR count). The molecule has 6 aromatic rings. The van der Waals surface area contributed by atoms with Gasteiger partial charge in [-0.25, -0.2) is 19.2 Å². The number of unbranched alkanes of at least 4 members (excludes halogenated alkanes) is 34. The van der Waals surface area contributed by atoms with Crippen LogP contribution in [0.1, 0.15) is 403 Å². The van der Waals surface area contributed by atoms with Gasteiger partial charge in [0.05, 0.1) is 35.5 Å². The summed E-state index contributed by atoms with van der Waals surface area (Å²) in [6.07, 6.45) is 59.5. The van der Waals surface area contributed by atoms with Crippen LogP contribution in [0.5, 0.6) is 34.5 Å². The van der Waals surface area contributed by atoms with Crippen LogP contribution in [0.3, 0.4) is 0 Å². The van der Waals surface area contributed by atoms with E-state index >= 15 is 0 Å². The van der Waals surface area contributed by atoms with Gasteiger partial charge in [-0.05, 0) is 328 Å². The van der Waals surface area contributed by atoms with Crippen molar-refractivity contribution >= 4 is 91.4 Å². The molecule has 0 N–H and O–H groups in total. The molecule has 0 spiro atoms. The highest BCUT2D eigenvalue weighted by Gasteiger charge is 2.55. The van der Waals surface area contributed by atoms with Crippen LogP contribution in [-0.4, -0.2) is 128 Å². The summed E-state index contributed by atoms with van der Waals surface area (Å²) in [6.45, 7) is 47.5. The molecule has 0 saturated heterocycles. The van der Waals surface area contributed by atoms with Gasteiger partial charge in [0, 0.05) is 11.1 Å². The monoisotopic (exact) mass is 2180 g/mol. The number of hydrogen-bond acceptors (Lipinski definition) is 18. The first-order valence-electron chi connectivity index (χ1n) is 59.0. The van der Waals surface area contributed by atoms with Crippen molar-refractivity contribution in [1.82, 2.24) is 0 Å². The summed E-state index contributed by atoms with van der Waals surface area (Å²) in [5, 5.41) is 0. The van der Waals surface area contributed by atoms with Crippen LogP contribution in [0, 0.1) is 11.8 Å². The van der Waals surface area contributed by atoms with Crippen LogP contribution in [0.4, 0.5) is 0 Å². The molecular weight excluding hydrogens is 1980 g/mol. The van der Waals surface area contributed by atoms with Gasteiger partial charge in [0.25, 0.3) is 0 Å². The van der Waals surface area contributed by atoms with Crippen molar-refractivity contribution in [3.05, 3.63) is 168 Å². The predicted octanol–water partition coefficient (Wildman–Crippen LogP) is 36.9. The first-order chi connectivity index (χ1) is 70.8. The maximum Gasteiger partial charge on any atom is 0.358 e. The minimum absolute atomic E-state index is 0.0389. The number of carbonyl (C=O) groups excluding carboxylic acids is 4. The number of ether oxygens (including phenoxy) is 8. The van der Waals surface area contributed by atoms with Crippen molar-refractivity contribution in [2.45, 2.75) is 502 Å². The molecule has 6 aromatic carbocycles. The Morgan fingerprint density at radius 1 is 0.264 bits per heavy atom. The van der Waals surface area contributed by atoms with E-state index in [0.29, 0.717) is 47.0 Å². The topological polar surface area (TPSA) is 197 Å². The molecule has 0 bridgehead atoms. The zero-order valence-electron chi connectivity index (χ0n) is 96.3. The standard InChI is InChI=1S/C122H202O18Si8/c1-21-25-29-31-33-41-47-55-71-117(147(19,137-143(11,12)13)139-145(17,135-141(5,6)7)99-63-51-45-39-35-37-43-49-61-97-127-107-89-77-103(78-90-107)119(123)131-111-93-81-105(82-94-111)121(125)129-109-85-73-101(74-86-109)65-53-27-23-3)133-115-69-59-57-67-113(115)114-68-58-60-70-116(114)134-118(72-56-48-42-34-32-30-26-22-2)148(20,138-144(14,15)16)140-146(18,136-142(8,9)10)100-64-52-46-40-36-38-44-50-62-98-128-108-91-79-104(80-92-108)120(124)132-112-95-83-106(84-96-112)122(126)130-110-87-75-102(76-88-110)66-54-28-24-4/h57-60,67-70,77-84,89-96,101-102,109-110,117-118H,21-56,61-66,71-76,85-88,97-100H2,1-20H3. The van der Waals surface area contributed by atoms with E-state index in [9.17, 15) is 19.2 Å². The highest BCUT2D eigenvalue weighted by atomic mass is 28.5. The summed E-state index contributed by atoms with van der Waals surface area (Å²) in [5.41, 5.74) is 3.07. The fourth-order valence-corrected chi connectivity index (χ4v) is 58.2. The Bertz CT molecular complexity index is 4350. The Labute approximate surface area is 907 Å². The smallest absolute Gasteiger partial charge is 0.358 e. The molecule has 0 radical (unpaired) electrons. The Hall–Kier alpha value is -6.10. The number of benzene rings is 6. The molecule has 830 valence electrons. The summed E-state index contributed by atoms with van der Waals surface area (Å²) >= 11 is 0. The lowest BCUT2D eigenvalue weighted by atomic mass is 9.84. The van der Waals surface area contributed by atoms with Crippen molar-refractivity contribution in [2.24, 2.45) is 11.8 Å². The fraction of sp³-hybridized carbons (Fsp3) is 0.672. The Balaban J connectivity index is 0.851. The quantitative estimate of drug-likeness (QED) is 0.0151. The second-order valence-electron chi connectivity index (χ2n) is 47.6. The van der Waals surface area contributed by atoms with E-state index in [4.69, 9.17) is 62.6 Å². The number of esters is 4. The lowest BCUT2D eigenvalue weighted by Gasteiger charge is -2.46. The van der Waals surface area contributed by atoms with Crippen LogP contribution in [0.2, 0.25) is 117 Å². The Morgan fingerprint density at radius 3 is 0.818 bits per heavy atom. The number of hydrogen-bond donors (Lipinski definition) is 0. The van der Waals surface area contributed by atoms with Crippen LogP contribution < -0.4 is 28.4 Å². The van der Waals surface area contributed by atoms with Gasteiger partial charge in [-0.1, -0.05) is 308 Å². The van der Waals surface area contributed by atoms with E-state index in [1.165, 1.54) is 180 Å². The van der Waals surface area contributed by atoms with Gasteiger partial charge in [0.1, 0.15) is 58.2 Å². The first-order valence-corrected chi connectivity index (χ1v) is 82.5. The van der Waals surface area contributed by atoms with E-state index in [0.717, 1.165) is 212 Å². The number of para-hydroxylation sites is 2. The molecule has 0 aliphatic heterocycles. The maximum atomic E-state index is 13.2. The third-order valence-electron chi connectivity index (χ3n) is 28.7. The van der Waals surface area contributed by atoms with Crippen molar-refractivity contribution in [2.75, 3.05) is 13.2 Å². The molecule has 26 heteroatoms. The molecule has 0 amide bonds. The minimum atomic E-state index is -3.32. The Kier molecular flexibility index (Phi) is 58.1. The van der Waals surface area contributed by atoms with Crippen molar-refractivity contribution in [3.8, 4) is 45.6 Å². The van der Waals surface area contributed by atoms with Gasteiger partial charge in [0.2, 0.25) is 0 Å². The molecule has 2 aliphatic carbocycles.